The van der Waals surface area contributed by atoms with E-state index in [4.69, 9.17) is 9.47 Å². The van der Waals surface area contributed by atoms with Crippen molar-refractivity contribution in [2.75, 3.05) is 13.2 Å². The van der Waals surface area contributed by atoms with E-state index in [0.29, 0.717) is 12.8 Å². The number of nitrogens with one attached hydrogen (secondary N) is 1. The van der Waals surface area contributed by atoms with Crippen LogP contribution >= 0.6 is 0 Å². The second-order valence-electron chi connectivity index (χ2n) is 17.3. The predicted molar refractivity (Wildman–Crippen MR) is 240 cm³/mol. The maximum atomic E-state index is 12.9. The number of hydrogen-bond acceptors (Lipinski definition) is 8. The number of aliphatic hydroxyl groups is 5. The molecule has 0 aromatic rings. The van der Waals surface area contributed by atoms with Crippen LogP contribution in [-0.2, 0) is 14.3 Å². The number of amides is 1. The number of hydrogen-bond donors (Lipinski definition) is 6. The van der Waals surface area contributed by atoms with Crippen LogP contribution in [0.3, 0.4) is 0 Å². The van der Waals surface area contributed by atoms with Gasteiger partial charge in [-0.05, 0) is 44.9 Å². The summed E-state index contributed by atoms with van der Waals surface area (Å²) in [4.78, 5) is 12.9. The summed E-state index contributed by atoms with van der Waals surface area (Å²) in [6, 6.07) is -0.712. The zero-order valence-electron chi connectivity index (χ0n) is 37.6. The number of rotatable bonds is 41. The molecule has 0 aromatic carbocycles. The summed E-state index contributed by atoms with van der Waals surface area (Å²) in [5, 5.41) is 54.0. The molecule has 58 heavy (non-hydrogen) atoms. The fourth-order valence-corrected chi connectivity index (χ4v) is 7.84. The molecule has 7 unspecified atom stereocenters. The van der Waals surface area contributed by atoms with E-state index < -0.39 is 49.5 Å². The highest BCUT2D eigenvalue weighted by Gasteiger charge is 2.44. The largest absolute Gasteiger partial charge is 0.394 e. The van der Waals surface area contributed by atoms with E-state index in [1.165, 1.54) is 154 Å². The minimum absolute atomic E-state index is 0.137. The summed E-state index contributed by atoms with van der Waals surface area (Å²) in [5.74, 6) is -0.148. The lowest BCUT2D eigenvalue weighted by atomic mass is 9.99. The number of carbonyl (C=O) groups excluding carboxylic acids is 1. The molecule has 9 heteroatoms. The molecule has 0 aliphatic carbocycles. The Kier molecular flexibility index (Phi) is 37.5. The van der Waals surface area contributed by atoms with Gasteiger partial charge in [0.05, 0.1) is 25.4 Å². The normalized spacial score (nSPS) is 21.0. The van der Waals surface area contributed by atoms with Crippen molar-refractivity contribution in [3.63, 3.8) is 0 Å². The Labute approximate surface area is 356 Å². The second-order valence-corrected chi connectivity index (χ2v) is 17.3. The standard InChI is InChI=1S/C49H93NO8/c1-3-5-7-9-11-12-13-14-15-16-17-18-19-20-21-22-23-24-25-26-27-28-29-30-31-32-33-35-37-39-45(53)50-42(43(52)38-36-34-10-8-6-4-2)41-57-49-48(56)47(55)46(54)44(40-51)58-49/h13-14,16-17,42-44,46-49,51-52,54-56H,3-12,15,18-41H2,1-2H3,(H,50,53)/b14-13-,17-16-. The van der Waals surface area contributed by atoms with Crippen molar-refractivity contribution in [2.45, 2.75) is 269 Å². The van der Waals surface area contributed by atoms with E-state index in [2.05, 4.69) is 43.5 Å². The van der Waals surface area contributed by atoms with Gasteiger partial charge in [0, 0.05) is 6.42 Å². The molecule has 1 amide bonds. The lowest BCUT2D eigenvalue weighted by molar-refractivity contribution is -0.302. The van der Waals surface area contributed by atoms with Crippen LogP contribution in [-0.4, -0.2) is 87.5 Å². The lowest BCUT2D eigenvalue weighted by Gasteiger charge is -2.40. The quantitative estimate of drug-likeness (QED) is 0.0264. The molecule has 1 heterocycles. The van der Waals surface area contributed by atoms with Crippen LogP contribution in [0.4, 0.5) is 0 Å². The molecule has 0 aromatic heterocycles. The van der Waals surface area contributed by atoms with Gasteiger partial charge in [0.25, 0.3) is 0 Å². The van der Waals surface area contributed by atoms with Gasteiger partial charge >= 0.3 is 0 Å². The Morgan fingerprint density at radius 2 is 1.02 bits per heavy atom. The van der Waals surface area contributed by atoms with Gasteiger partial charge in [-0.15, -0.1) is 0 Å². The van der Waals surface area contributed by atoms with Crippen molar-refractivity contribution in [3.8, 4) is 0 Å². The molecular weight excluding hydrogens is 731 g/mol. The first-order chi connectivity index (χ1) is 28.3. The molecule has 1 aliphatic rings. The van der Waals surface area contributed by atoms with Gasteiger partial charge in [0.15, 0.2) is 6.29 Å². The number of allylic oxidation sites excluding steroid dienone is 4. The summed E-state index contributed by atoms with van der Waals surface area (Å²) in [5.41, 5.74) is 0. The van der Waals surface area contributed by atoms with Gasteiger partial charge in [-0.3, -0.25) is 4.79 Å². The Balaban J connectivity index is 2.07. The van der Waals surface area contributed by atoms with Crippen molar-refractivity contribution < 1.29 is 39.8 Å². The van der Waals surface area contributed by atoms with Gasteiger partial charge in [-0.25, -0.2) is 0 Å². The van der Waals surface area contributed by atoms with E-state index in [1.807, 2.05) is 0 Å². The molecule has 0 bridgehead atoms. The molecule has 1 rings (SSSR count). The second kappa shape index (κ2) is 39.8. The van der Waals surface area contributed by atoms with E-state index >= 15 is 0 Å². The van der Waals surface area contributed by atoms with Gasteiger partial charge in [0.1, 0.15) is 24.4 Å². The molecule has 1 aliphatic heterocycles. The van der Waals surface area contributed by atoms with Crippen molar-refractivity contribution in [2.24, 2.45) is 0 Å². The summed E-state index contributed by atoms with van der Waals surface area (Å²) in [7, 11) is 0. The zero-order chi connectivity index (χ0) is 42.3. The number of unbranched alkanes of at least 4 members (excludes halogenated alkanes) is 27. The van der Waals surface area contributed by atoms with Crippen LogP contribution in [0.5, 0.6) is 0 Å². The van der Waals surface area contributed by atoms with E-state index in [1.54, 1.807) is 0 Å². The molecule has 0 radical (unpaired) electrons. The topological polar surface area (TPSA) is 149 Å². The zero-order valence-corrected chi connectivity index (χ0v) is 37.6. The molecule has 0 spiro atoms. The highest BCUT2D eigenvalue weighted by Crippen LogP contribution is 2.23. The van der Waals surface area contributed by atoms with Crippen LogP contribution in [0.25, 0.3) is 0 Å². The monoisotopic (exact) mass is 824 g/mol. The number of ether oxygens (including phenoxy) is 2. The Morgan fingerprint density at radius 3 is 1.48 bits per heavy atom. The van der Waals surface area contributed by atoms with Crippen LogP contribution in [0.2, 0.25) is 0 Å². The Bertz CT molecular complexity index is 961. The van der Waals surface area contributed by atoms with Crippen molar-refractivity contribution in [1.29, 1.82) is 0 Å². The smallest absolute Gasteiger partial charge is 0.220 e. The molecular formula is C49H93NO8. The lowest BCUT2D eigenvalue weighted by Crippen LogP contribution is -2.60. The van der Waals surface area contributed by atoms with Gasteiger partial charge in [0.2, 0.25) is 5.91 Å². The van der Waals surface area contributed by atoms with Crippen molar-refractivity contribution >= 4 is 5.91 Å². The molecule has 1 fully saturated rings. The average Bonchev–Trinajstić information content (AvgIpc) is 3.22. The van der Waals surface area contributed by atoms with Crippen LogP contribution in [0.15, 0.2) is 24.3 Å². The fourth-order valence-electron chi connectivity index (χ4n) is 7.84. The van der Waals surface area contributed by atoms with Crippen LogP contribution < -0.4 is 5.32 Å². The molecule has 6 N–H and O–H groups in total. The van der Waals surface area contributed by atoms with Gasteiger partial charge in [-0.2, -0.15) is 0 Å². The highest BCUT2D eigenvalue weighted by atomic mass is 16.7. The Hall–Kier alpha value is -1.33. The van der Waals surface area contributed by atoms with Gasteiger partial charge in [-0.1, -0.05) is 199 Å². The summed E-state index contributed by atoms with van der Waals surface area (Å²) >= 11 is 0. The highest BCUT2D eigenvalue weighted by molar-refractivity contribution is 5.76. The van der Waals surface area contributed by atoms with Gasteiger partial charge < -0.3 is 40.3 Å². The van der Waals surface area contributed by atoms with Crippen molar-refractivity contribution in [3.05, 3.63) is 24.3 Å². The third kappa shape index (κ3) is 29.8. The van der Waals surface area contributed by atoms with Crippen LogP contribution in [0, 0.1) is 0 Å². The fraction of sp³-hybridized carbons (Fsp3) is 0.898. The van der Waals surface area contributed by atoms with E-state index in [-0.39, 0.29) is 12.5 Å². The maximum absolute atomic E-state index is 12.9. The molecule has 342 valence electrons. The third-order valence-corrected chi connectivity index (χ3v) is 11.8. The van der Waals surface area contributed by atoms with Crippen molar-refractivity contribution in [1.82, 2.24) is 5.32 Å². The minimum Gasteiger partial charge on any atom is -0.394 e. The number of aliphatic hydroxyl groups excluding tert-OH is 5. The molecule has 9 nitrogen and oxygen atoms in total. The number of carbonyl (C=O) groups is 1. The minimum atomic E-state index is -1.55. The predicted octanol–water partition coefficient (Wildman–Crippen LogP) is 10.7. The molecule has 7 atom stereocenters. The maximum Gasteiger partial charge on any atom is 0.220 e. The first kappa shape index (κ1) is 54.7. The van der Waals surface area contributed by atoms with E-state index in [0.717, 1.165) is 44.9 Å². The van der Waals surface area contributed by atoms with Crippen LogP contribution in [0.1, 0.15) is 226 Å². The SMILES string of the molecule is CCCCCCC/C=C\C/C=C\CCCCCCCCCCCCCCCCCCCC(=O)NC(COC1OC(CO)C(O)C(O)C1O)C(O)CCCCCCCC. The summed E-state index contributed by atoms with van der Waals surface area (Å²) in [6.07, 6.45) is 41.0. The Morgan fingerprint density at radius 1 is 0.586 bits per heavy atom. The summed E-state index contributed by atoms with van der Waals surface area (Å²) in [6.45, 7) is 3.76. The molecule has 1 saturated heterocycles. The first-order valence-electron chi connectivity index (χ1n) is 24.5. The van der Waals surface area contributed by atoms with E-state index in [9.17, 15) is 30.3 Å². The average molecular weight is 824 g/mol. The summed E-state index contributed by atoms with van der Waals surface area (Å²) < 4.78 is 11.2. The third-order valence-electron chi connectivity index (χ3n) is 11.8. The molecule has 0 saturated carbocycles. The first-order valence-corrected chi connectivity index (χ1v) is 24.5.